The van der Waals surface area contributed by atoms with Crippen molar-refractivity contribution in [3.05, 3.63) is 28.8 Å². The van der Waals surface area contributed by atoms with E-state index >= 15 is 0 Å². The van der Waals surface area contributed by atoms with Crippen molar-refractivity contribution < 1.29 is 24.4 Å². The number of aliphatic hydroxyl groups is 2. The molecule has 0 aliphatic rings. The molecule has 1 aromatic rings. The lowest BCUT2D eigenvalue weighted by molar-refractivity contribution is 0.104. The molecule has 200 valence electrons. The largest absolute Gasteiger partial charge is 0.493 e. The average Bonchev–Trinajstić information content (AvgIpc) is 2.87. The number of benzene rings is 1. The Morgan fingerprint density at radius 2 is 1.11 bits per heavy atom. The molecule has 0 spiro atoms. The van der Waals surface area contributed by atoms with Crippen LogP contribution in [0.1, 0.15) is 114 Å². The number of aliphatic hydroxyl groups excluding tert-OH is 2. The third-order valence-corrected chi connectivity index (χ3v) is 6.06. The zero-order chi connectivity index (χ0) is 25.4. The molecule has 35 heavy (non-hydrogen) atoms. The summed E-state index contributed by atoms with van der Waals surface area (Å²) in [5.74, 6) is 3.56. The lowest BCUT2D eigenvalue weighted by atomic mass is 10.0. The van der Waals surface area contributed by atoms with Gasteiger partial charge in [-0.3, -0.25) is 0 Å². The minimum absolute atomic E-state index is 0.181. The lowest BCUT2D eigenvalue weighted by Crippen LogP contribution is -2.08. The van der Waals surface area contributed by atoms with E-state index in [1.807, 2.05) is 12.1 Å². The van der Waals surface area contributed by atoms with Crippen LogP contribution in [0.25, 0.3) is 0 Å². The first-order valence-corrected chi connectivity index (χ1v) is 13.9. The topological polar surface area (TPSA) is 68.2 Å². The standard InChI is InChI=1S/C30H50O5/c1-3-5-6-7-8-9-10-11-12-15-22-35-30-28(25-33-20-16-13-18-31)23-27(4-2)24-29(30)26-34-21-17-14-19-32/h2,23-24,31-32H,3,5-22,25-26H2,1H3. The van der Waals surface area contributed by atoms with E-state index in [9.17, 15) is 0 Å². The zero-order valence-corrected chi connectivity index (χ0v) is 22.2. The summed E-state index contributed by atoms with van der Waals surface area (Å²) in [6, 6.07) is 3.93. The molecular formula is C30H50O5. The molecule has 0 heterocycles. The first kappa shape index (κ1) is 31.4. The van der Waals surface area contributed by atoms with Crippen molar-refractivity contribution in [2.24, 2.45) is 0 Å². The summed E-state index contributed by atoms with van der Waals surface area (Å²) in [6.45, 7) is 5.31. The fourth-order valence-electron chi connectivity index (χ4n) is 4.00. The summed E-state index contributed by atoms with van der Waals surface area (Å²) in [7, 11) is 0. The van der Waals surface area contributed by atoms with Crippen LogP contribution < -0.4 is 4.74 Å². The van der Waals surface area contributed by atoms with Gasteiger partial charge in [0.05, 0.1) is 19.8 Å². The highest BCUT2D eigenvalue weighted by Crippen LogP contribution is 2.28. The number of ether oxygens (including phenoxy) is 3. The molecule has 0 aliphatic carbocycles. The van der Waals surface area contributed by atoms with Gasteiger partial charge >= 0.3 is 0 Å². The van der Waals surface area contributed by atoms with Crippen molar-refractivity contribution in [2.45, 2.75) is 110 Å². The van der Waals surface area contributed by atoms with E-state index in [1.54, 1.807) is 0 Å². The summed E-state index contributed by atoms with van der Waals surface area (Å²) >= 11 is 0. The summed E-state index contributed by atoms with van der Waals surface area (Å²) < 4.78 is 18.0. The van der Waals surface area contributed by atoms with E-state index in [2.05, 4.69) is 12.8 Å². The fourth-order valence-corrected chi connectivity index (χ4v) is 4.00. The van der Waals surface area contributed by atoms with Gasteiger partial charge in [-0.05, 0) is 44.2 Å². The third-order valence-electron chi connectivity index (χ3n) is 6.06. The van der Waals surface area contributed by atoms with E-state index in [0.29, 0.717) is 33.0 Å². The smallest absolute Gasteiger partial charge is 0.130 e. The molecule has 0 unspecified atom stereocenters. The molecule has 0 saturated carbocycles. The van der Waals surface area contributed by atoms with Crippen LogP contribution in [0, 0.1) is 12.3 Å². The maximum Gasteiger partial charge on any atom is 0.130 e. The zero-order valence-electron chi connectivity index (χ0n) is 22.2. The number of rotatable bonds is 24. The molecule has 0 amide bonds. The molecule has 0 atom stereocenters. The van der Waals surface area contributed by atoms with Gasteiger partial charge in [0.25, 0.3) is 0 Å². The van der Waals surface area contributed by atoms with Crippen molar-refractivity contribution in [1.29, 1.82) is 0 Å². The Hall–Kier alpha value is -1.58. The summed E-state index contributed by atoms with van der Waals surface area (Å²) in [4.78, 5) is 0. The number of unbranched alkanes of at least 4 members (excludes halogenated alkanes) is 11. The molecule has 0 aromatic heterocycles. The SMILES string of the molecule is C#Cc1cc(COCCCCO)c(OCCCCCCCCCCCC)c(COCCCCO)c1. The second kappa shape index (κ2) is 22.9. The van der Waals surface area contributed by atoms with Crippen molar-refractivity contribution >= 4 is 0 Å². The van der Waals surface area contributed by atoms with Crippen LogP contribution in [0.3, 0.4) is 0 Å². The maximum absolute atomic E-state index is 8.97. The second-order valence-corrected chi connectivity index (χ2v) is 9.26. The Morgan fingerprint density at radius 3 is 1.57 bits per heavy atom. The van der Waals surface area contributed by atoms with Crippen molar-refractivity contribution in [2.75, 3.05) is 33.0 Å². The van der Waals surface area contributed by atoms with Gasteiger partial charge in [-0.25, -0.2) is 0 Å². The van der Waals surface area contributed by atoms with E-state index in [0.717, 1.165) is 54.5 Å². The first-order chi connectivity index (χ1) is 17.3. The summed E-state index contributed by atoms with van der Waals surface area (Å²) in [5, 5.41) is 17.9. The average molecular weight is 491 g/mol. The molecular weight excluding hydrogens is 440 g/mol. The van der Waals surface area contributed by atoms with E-state index in [1.165, 1.54) is 57.8 Å². The Morgan fingerprint density at radius 1 is 0.657 bits per heavy atom. The van der Waals surface area contributed by atoms with Gasteiger partial charge in [0.2, 0.25) is 0 Å². The summed E-state index contributed by atoms with van der Waals surface area (Å²) in [6.07, 6.45) is 21.7. The molecule has 0 bridgehead atoms. The minimum atomic E-state index is 0.181. The van der Waals surface area contributed by atoms with Crippen LogP contribution in [0.2, 0.25) is 0 Å². The third kappa shape index (κ3) is 15.9. The number of hydrogen-bond acceptors (Lipinski definition) is 5. The van der Waals surface area contributed by atoms with E-state index < -0.39 is 0 Å². The minimum Gasteiger partial charge on any atom is -0.493 e. The van der Waals surface area contributed by atoms with Crippen molar-refractivity contribution in [3.63, 3.8) is 0 Å². The molecule has 0 aliphatic heterocycles. The van der Waals surface area contributed by atoms with Crippen molar-refractivity contribution in [1.82, 2.24) is 0 Å². The second-order valence-electron chi connectivity index (χ2n) is 9.26. The van der Waals surface area contributed by atoms with E-state index in [-0.39, 0.29) is 13.2 Å². The van der Waals surface area contributed by atoms with Gasteiger partial charge in [0, 0.05) is 43.1 Å². The molecule has 0 fully saturated rings. The Bertz CT molecular complexity index is 632. The van der Waals surface area contributed by atoms with Crippen LogP contribution in [-0.4, -0.2) is 43.2 Å². The summed E-state index contributed by atoms with van der Waals surface area (Å²) in [5.41, 5.74) is 2.69. The highest BCUT2D eigenvalue weighted by molar-refractivity contribution is 5.49. The first-order valence-electron chi connectivity index (χ1n) is 13.9. The Kier molecular flexibility index (Phi) is 20.5. The van der Waals surface area contributed by atoms with Crippen LogP contribution >= 0.6 is 0 Å². The molecule has 0 saturated heterocycles. The number of hydrogen-bond donors (Lipinski definition) is 2. The molecule has 0 radical (unpaired) electrons. The number of terminal acetylenes is 1. The molecule has 2 N–H and O–H groups in total. The fraction of sp³-hybridized carbons (Fsp3) is 0.733. The highest BCUT2D eigenvalue weighted by Gasteiger charge is 2.13. The van der Waals surface area contributed by atoms with Crippen LogP contribution in [0.4, 0.5) is 0 Å². The van der Waals surface area contributed by atoms with Crippen LogP contribution in [0.5, 0.6) is 5.75 Å². The quantitative estimate of drug-likeness (QED) is 0.127. The monoisotopic (exact) mass is 490 g/mol. The predicted molar refractivity (Wildman–Crippen MR) is 144 cm³/mol. The normalized spacial score (nSPS) is 11.0. The van der Waals surface area contributed by atoms with Gasteiger partial charge in [0.15, 0.2) is 0 Å². The molecule has 1 aromatic carbocycles. The van der Waals surface area contributed by atoms with Gasteiger partial charge < -0.3 is 24.4 Å². The van der Waals surface area contributed by atoms with E-state index in [4.69, 9.17) is 30.8 Å². The lowest BCUT2D eigenvalue weighted by Gasteiger charge is -2.18. The van der Waals surface area contributed by atoms with Crippen LogP contribution in [-0.2, 0) is 22.7 Å². The maximum atomic E-state index is 8.97. The van der Waals surface area contributed by atoms with Gasteiger partial charge in [-0.2, -0.15) is 0 Å². The van der Waals surface area contributed by atoms with Gasteiger partial charge in [0.1, 0.15) is 5.75 Å². The molecule has 5 heteroatoms. The van der Waals surface area contributed by atoms with Gasteiger partial charge in [-0.1, -0.05) is 70.6 Å². The van der Waals surface area contributed by atoms with Gasteiger partial charge in [-0.15, -0.1) is 6.42 Å². The molecule has 5 nitrogen and oxygen atoms in total. The van der Waals surface area contributed by atoms with Crippen LogP contribution in [0.15, 0.2) is 12.1 Å². The Balaban J connectivity index is 2.59. The van der Waals surface area contributed by atoms with Crippen molar-refractivity contribution in [3.8, 4) is 18.1 Å². The highest BCUT2D eigenvalue weighted by atomic mass is 16.5. The molecule has 1 rings (SSSR count). The predicted octanol–water partition coefficient (Wildman–Crippen LogP) is 6.55. The Labute approximate surface area is 214 Å².